The van der Waals surface area contributed by atoms with E-state index in [0.717, 1.165) is 18.2 Å². The van der Waals surface area contributed by atoms with E-state index >= 15 is 0 Å². The van der Waals surface area contributed by atoms with Gasteiger partial charge in [0, 0.05) is 30.9 Å². The molecule has 0 saturated carbocycles. The molecule has 0 fully saturated rings. The number of non-ortho nitro benzene ring substituents is 2. The van der Waals surface area contributed by atoms with Gasteiger partial charge in [0.1, 0.15) is 5.75 Å². The van der Waals surface area contributed by atoms with Crippen molar-refractivity contribution in [3.05, 3.63) is 62.2 Å². The number of ether oxygens (including phenoxy) is 1. The third-order valence-corrected chi connectivity index (χ3v) is 3.89. The monoisotopic (exact) mass is 372 g/mol. The number of hydrogen-bond donors (Lipinski definition) is 1. The number of nitro groups is 2. The average molecular weight is 372 g/mol. The molecule has 0 radical (unpaired) electrons. The summed E-state index contributed by atoms with van der Waals surface area (Å²) in [5, 5.41) is 24.4. The molecular formula is C16H12N4O7. The molecule has 0 atom stereocenters. The Hall–Kier alpha value is -4.02. The lowest BCUT2D eigenvalue weighted by atomic mass is 10.1. The maximum atomic E-state index is 12.4. The number of hydrogen-bond acceptors (Lipinski definition) is 7. The van der Waals surface area contributed by atoms with E-state index in [4.69, 9.17) is 4.74 Å². The molecule has 1 aliphatic heterocycles. The third-order valence-electron chi connectivity index (χ3n) is 3.89. The Balaban J connectivity index is 1.89. The smallest absolute Gasteiger partial charge is 0.277 e. The summed E-state index contributed by atoms with van der Waals surface area (Å²) >= 11 is 0. The molecule has 3 rings (SSSR count). The van der Waals surface area contributed by atoms with E-state index in [9.17, 15) is 29.8 Å². The fourth-order valence-corrected chi connectivity index (χ4v) is 2.50. The van der Waals surface area contributed by atoms with Crippen LogP contribution in [0.1, 0.15) is 10.4 Å². The highest BCUT2D eigenvalue weighted by Gasteiger charge is 2.23. The van der Waals surface area contributed by atoms with E-state index in [1.54, 1.807) is 13.1 Å². The van der Waals surface area contributed by atoms with Crippen LogP contribution < -0.4 is 15.0 Å². The van der Waals surface area contributed by atoms with E-state index in [1.807, 2.05) is 0 Å². The minimum absolute atomic E-state index is 0.141. The van der Waals surface area contributed by atoms with Crippen molar-refractivity contribution in [2.45, 2.75) is 0 Å². The summed E-state index contributed by atoms with van der Waals surface area (Å²) < 4.78 is 5.31. The summed E-state index contributed by atoms with van der Waals surface area (Å²) in [6.45, 7) is -0.141. The van der Waals surface area contributed by atoms with E-state index in [0.29, 0.717) is 17.1 Å². The topological polar surface area (TPSA) is 145 Å². The molecular weight excluding hydrogens is 360 g/mol. The summed E-state index contributed by atoms with van der Waals surface area (Å²) in [5.41, 5.74) is -0.542. The molecule has 11 heteroatoms. The first-order valence-corrected chi connectivity index (χ1v) is 7.55. The van der Waals surface area contributed by atoms with E-state index in [1.165, 1.54) is 17.0 Å². The maximum Gasteiger partial charge on any atom is 0.277 e. The van der Waals surface area contributed by atoms with Crippen LogP contribution in [0, 0.1) is 20.2 Å². The molecule has 0 spiro atoms. The predicted octanol–water partition coefficient (Wildman–Crippen LogP) is 2.11. The number of fused-ring (bicyclic) bond motifs is 1. The Morgan fingerprint density at radius 3 is 2.33 bits per heavy atom. The number of amides is 2. The quantitative estimate of drug-likeness (QED) is 0.639. The van der Waals surface area contributed by atoms with Gasteiger partial charge < -0.3 is 15.0 Å². The number of likely N-dealkylation sites (N-methyl/N-ethyl adjacent to an activating group) is 1. The zero-order chi connectivity index (χ0) is 19.7. The van der Waals surface area contributed by atoms with Crippen LogP contribution in [0.15, 0.2) is 36.4 Å². The zero-order valence-electron chi connectivity index (χ0n) is 13.9. The van der Waals surface area contributed by atoms with Gasteiger partial charge >= 0.3 is 0 Å². The van der Waals surface area contributed by atoms with Gasteiger partial charge in [-0.05, 0) is 12.1 Å². The van der Waals surface area contributed by atoms with Crippen molar-refractivity contribution in [1.82, 2.24) is 0 Å². The molecule has 1 N–H and O–H groups in total. The Labute approximate surface area is 151 Å². The molecule has 138 valence electrons. The molecule has 0 aromatic heterocycles. The van der Waals surface area contributed by atoms with E-state index < -0.39 is 27.1 Å². The van der Waals surface area contributed by atoms with E-state index in [-0.39, 0.29) is 18.1 Å². The molecule has 11 nitrogen and oxygen atoms in total. The standard InChI is InChI=1S/C16H12N4O7/c1-18-13-3-2-10(6-14(13)27-8-15(18)21)17-16(22)9-4-11(19(23)24)7-12(5-9)20(25)26/h2-7H,8H2,1H3,(H,17,22). The minimum atomic E-state index is -0.816. The van der Waals surface area contributed by atoms with Gasteiger partial charge in [-0.15, -0.1) is 0 Å². The number of nitro benzene ring substituents is 2. The lowest BCUT2D eigenvalue weighted by Crippen LogP contribution is -2.35. The van der Waals surface area contributed by atoms with Gasteiger partial charge in [-0.3, -0.25) is 29.8 Å². The van der Waals surface area contributed by atoms with Gasteiger partial charge in [0.05, 0.1) is 27.2 Å². The van der Waals surface area contributed by atoms with Crippen LogP contribution in [0.25, 0.3) is 0 Å². The Bertz CT molecular complexity index is 956. The fraction of sp³-hybridized carbons (Fsp3) is 0.125. The first kappa shape index (κ1) is 17.8. The van der Waals surface area contributed by atoms with Crippen LogP contribution in [0.5, 0.6) is 5.75 Å². The Morgan fingerprint density at radius 2 is 1.74 bits per heavy atom. The van der Waals surface area contributed by atoms with Crippen molar-refractivity contribution in [2.75, 3.05) is 23.9 Å². The van der Waals surface area contributed by atoms with Crippen LogP contribution >= 0.6 is 0 Å². The minimum Gasteiger partial charge on any atom is -0.481 e. The number of nitrogens with zero attached hydrogens (tertiary/aromatic N) is 3. The van der Waals surface area contributed by atoms with Crippen molar-refractivity contribution in [3.8, 4) is 5.75 Å². The van der Waals surface area contributed by atoms with Crippen molar-refractivity contribution in [2.24, 2.45) is 0 Å². The molecule has 1 aliphatic rings. The molecule has 0 bridgehead atoms. The normalized spacial score (nSPS) is 12.8. The summed E-state index contributed by atoms with van der Waals surface area (Å²) in [5.74, 6) is -0.606. The van der Waals surface area contributed by atoms with Crippen molar-refractivity contribution < 1.29 is 24.2 Å². The van der Waals surface area contributed by atoms with Gasteiger partial charge in [-0.1, -0.05) is 0 Å². The number of carbonyl (C=O) groups excluding carboxylic acids is 2. The highest BCUT2D eigenvalue weighted by Crippen LogP contribution is 2.34. The SMILES string of the molecule is CN1C(=O)COc2cc(NC(=O)c3cc([N+](=O)[O-])cc([N+](=O)[O-])c3)ccc21. The Kier molecular flexibility index (Phi) is 4.42. The molecule has 0 saturated heterocycles. The molecule has 2 aromatic carbocycles. The molecule has 0 aliphatic carbocycles. The average Bonchev–Trinajstić information content (AvgIpc) is 2.64. The number of carbonyl (C=O) groups is 2. The maximum absolute atomic E-state index is 12.4. The number of rotatable bonds is 4. The van der Waals surface area contributed by atoms with Crippen molar-refractivity contribution in [3.63, 3.8) is 0 Å². The molecule has 2 aromatic rings. The summed E-state index contributed by atoms with van der Waals surface area (Å²) in [6.07, 6.45) is 0. The largest absolute Gasteiger partial charge is 0.481 e. The van der Waals surface area contributed by atoms with Crippen molar-refractivity contribution in [1.29, 1.82) is 0 Å². The van der Waals surface area contributed by atoms with Crippen LogP contribution in [-0.4, -0.2) is 35.3 Å². The summed E-state index contributed by atoms with van der Waals surface area (Å²) in [4.78, 5) is 45.6. The van der Waals surface area contributed by atoms with Crippen molar-refractivity contribution >= 4 is 34.6 Å². The third kappa shape index (κ3) is 3.51. The lowest BCUT2D eigenvalue weighted by Gasteiger charge is -2.26. The van der Waals surface area contributed by atoms with Crippen LogP contribution in [0.4, 0.5) is 22.7 Å². The van der Waals surface area contributed by atoms with Gasteiger partial charge in [0.15, 0.2) is 6.61 Å². The summed E-state index contributed by atoms with van der Waals surface area (Å²) in [7, 11) is 1.59. The molecule has 0 unspecified atom stereocenters. The lowest BCUT2D eigenvalue weighted by molar-refractivity contribution is -0.394. The molecule has 2 amide bonds. The number of anilines is 2. The predicted molar refractivity (Wildman–Crippen MR) is 93.1 cm³/mol. The highest BCUT2D eigenvalue weighted by molar-refractivity contribution is 6.05. The highest BCUT2D eigenvalue weighted by atomic mass is 16.6. The van der Waals surface area contributed by atoms with Gasteiger partial charge in [-0.25, -0.2) is 0 Å². The Morgan fingerprint density at radius 1 is 1.11 bits per heavy atom. The van der Waals surface area contributed by atoms with Crippen LogP contribution in [0.3, 0.4) is 0 Å². The van der Waals surface area contributed by atoms with Gasteiger partial charge in [0.25, 0.3) is 23.2 Å². The van der Waals surface area contributed by atoms with E-state index in [2.05, 4.69) is 5.32 Å². The first-order chi connectivity index (χ1) is 12.8. The van der Waals surface area contributed by atoms with Crippen LogP contribution in [-0.2, 0) is 4.79 Å². The number of nitrogens with one attached hydrogen (secondary N) is 1. The second kappa shape index (κ2) is 6.71. The zero-order valence-corrected chi connectivity index (χ0v) is 13.9. The number of benzene rings is 2. The second-order valence-electron chi connectivity index (χ2n) is 5.63. The van der Waals surface area contributed by atoms with Gasteiger partial charge in [-0.2, -0.15) is 0 Å². The fourth-order valence-electron chi connectivity index (χ4n) is 2.50. The second-order valence-corrected chi connectivity index (χ2v) is 5.63. The molecule has 1 heterocycles. The van der Waals surface area contributed by atoms with Crippen LogP contribution in [0.2, 0.25) is 0 Å². The summed E-state index contributed by atoms with van der Waals surface area (Å²) in [6, 6.07) is 7.24. The molecule has 27 heavy (non-hydrogen) atoms. The van der Waals surface area contributed by atoms with Gasteiger partial charge in [0.2, 0.25) is 0 Å². The first-order valence-electron chi connectivity index (χ1n) is 7.55.